The first-order chi connectivity index (χ1) is 26.5. The number of para-hydroxylation sites is 1. The van der Waals surface area contributed by atoms with E-state index in [1.807, 2.05) is 30.3 Å². The Kier molecular flexibility index (Phi) is 6.60. The van der Waals surface area contributed by atoms with Crippen LogP contribution in [0.15, 0.2) is 174 Å². The third-order valence-corrected chi connectivity index (χ3v) is 11.5. The van der Waals surface area contributed by atoms with E-state index in [4.69, 9.17) is 14.4 Å². The van der Waals surface area contributed by atoms with Crippen molar-refractivity contribution in [3.05, 3.63) is 181 Å². The first-order valence-electron chi connectivity index (χ1n) is 18.6. The maximum Gasteiger partial charge on any atom is 0.160 e. The Hall–Kier alpha value is -6.84. The van der Waals surface area contributed by atoms with Crippen LogP contribution in [-0.4, -0.2) is 9.97 Å². The molecule has 0 saturated carbocycles. The molecule has 1 aliphatic carbocycles. The van der Waals surface area contributed by atoms with E-state index in [0.29, 0.717) is 5.82 Å². The highest BCUT2D eigenvalue weighted by Gasteiger charge is 2.38. The molecule has 254 valence electrons. The quantitative estimate of drug-likeness (QED) is 0.184. The van der Waals surface area contributed by atoms with Crippen molar-refractivity contribution >= 4 is 43.5 Å². The lowest BCUT2D eigenvalue weighted by Crippen LogP contribution is -2.16. The molecule has 1 aliphatic rings. The fourth-order valence-corrected chi connectivity index (χ4v) is 8.88. The topological polar surface area (TPSA) is 38.9 Å². The van der Waals surface area contributed by atoms with E-state index in [1.165, 1.54) is 49.5 Å². The molecule has 11 rings (SSSR count). The van der Waals surface area contributed by atoms with Crippen LogP contribution >= 0.6 is 0 Å². The Morgan fingerprint density at radius 3 is 1.85 bits per heavy atom. The summed E-state index contributed by atoms with van der Waals surface area (Å²) >= 11 is 0. The highest BCUT2D eigenvalue weighted by atomic mass is 16.3. The average molecular weight is 691 g/mol. The molecule has 0 bridgehead atoms. The van der Waals surface area contributed by atoms with Gasteiger partial charge in [-0.05, 0) is 97.4 Å². The van der Waals surface area contributed by atoms with Crippen LogP contribution in [0.25, 0.3) is 99.6 Å². The van der Waals surface area contributed by atoms with Crippen LogP contribution in [-0.2, 0) is 5.41 Å². The van der Waals surface area contributed by atoms with Crippen molar-refractivity contribution < 1.29 is 4.42 Å². The predicted octanol–water partition coefficient (Wildman–Crippen LogP) is 13.7. The summed E-state index contributed by atoms with van der Waals surface area (Å²) in [6.45, 7) is 4.76. The van der Waals surface area contributed by atoms with Gasteiger partial charge in [-0.25, -0.2) is 9.97 Å². The molecule has 0 radical (unpaired) electrons. The van der Waals surface area contributed by atoms with Crippen molar-refractivity contribution in [2.45, 2.75) is 19.3 Å². The van der Waals surface area contributed by atoms with Crippen LogP contribution in [0.3, 0.4) is 0 Å². The van der Waals surface area contributed by atoms with Crippen molar-refractivity contribution in [3.63, 3.8) is 0 Å². The summed E-state index contributed by atoms with van der Waals surface area (Å²) < 4.78 is 6.17. The molecule has 0 fully saturated rings. The summed E-state index contributed by atoms with van der Waals surface area (Å²) in [4.78, 5) is 10.4. The molecule has 8 aromatic carbocycles. The maximum atomic E-state index is 6.17. The Morgan fingerprint density at radius 1 is 0.407 bits per heavy atom. The van der Waals surface area contributed by atoms with Crippen LogP contribution in [0, 0.1) is 0 Å². The molecule has 2 aromatic heterocycles. The lowest BCUT2D eigenvalue weighted by Gasteiger charge is -2.25. The van der Waals surface area contributed by atoms with Gasteiger partial charge < -0.3 is 4.42 Å². The van der Waals surface area contributed by atoms with Crippen LogP contribution in [0.5, 0.6) is 0 Å². The molecule has 0 N–H and O–H groups in total. The standard InChI is InChI=1S/C51H34N2O/c1-51(2)44-29-33-16-7-6-15-32(33)27-42(44)41-21-12-20-40(49(41)51)37-24-25-38(36-18-9-8-17-35(36)37)46-30-45(52-50(53-46)31-13-4-3-5-14-31)34-23-26-48-43(28-34)39-19-10-11-22-47(39)54-48/h3-30H,1-2H3. The second kappa shape index (κ2) is 11.6. The van der Waals surface area contributed by atoms with Gasteiger partial charge in [0.15, 0.2) is 5.82 Å². The smallest absolute Gasteiger partial charge is 0.160 e. The van der Waals surface area contributed by atoms with Crippen molar-refractivity contribution in [2.75, 3.05) is 0 Å². The van der Waals surface area contributed by atoms with Gasteiger partial charge >= 0.3 is 0 Å². The molecule has 54 heavy (non-hydrogen) atoms. The minimum absolute atomic E-state index is 0.168. The van der Waals surface area contributed by atoms with Crippen molar-refractivity contribution in [1.29, 1.82) is 0 Å². The van der Waals surface area contributed by atoms with Gasteiger partial charge in [0.1, 0.15) is 11.2 Å². The number of furan rings is 1. The minimum Gasteiger partial charge on any atom is -0.456 e. The zero-order chi connectivity index (χ0) is 36.0. The summed E-state index contributed by atoms with van der Waals surface area (Å²) in [5, 5.41) is 7.09. The Bertz CT molecular complexity index is 3130. The Balaban J connectivity index is 1.10. The van der Waals surface area contributed by atoms with Gasteiger partial charge in [-0.15, -0.1) is 0 Å². The van der Waals surface area contributed by atoms with Crippen LogP contribution in [0.2, 0.25) is 0 Å². The number of rotatable bonds is 4. The number of hydrogen-bond donors (Lipinski definition) is 0. The van der Waals surface area contributed by atoms with E-state index in [-0.39, 0.29) is 5.41 Å². The van der Waals surface area contributed by atoms with Crippen molar-refractivity contribution in [1.82, 2.24) is 9.97 Å². The zero-order valence-corrected chi connectivity index (χ0v) is 30.0. The van der Waals surface area contributed by atoms with E-state index in [0.717, 1.165) is 55.4 Å². The van der Waals surface area contributed by atoms with Crippen LogP contribution in [0.1, 0.15) is 25.0 Å². The highest BCUT2D eigenvalue weighted by Crippen LogP contribution is 2.54. The van der Waals surface area contributed by atoms with Gasteiger partial charge in [-0.1, -0.05) is 141 Å². The number of hydrogen-bond acceptors (Lipinski definition) is 3. The predicted molar refractivity (Wildman–Crippen MR) is 224 cm³/mol. The van der Waals surface area contributed by atoms with Gasteiger partial charge in [-0.2, -0.15) is 0 Å². The van der Waals surface area contributed by atoms with Crippen molar-refractivity contribution in [3.8, 4) is 56.2 Å². The molecular weight excluding hydrogens is 657 g/mol. The molecule has 0 atom stereocenters. The Labute approximate surface area is 313 Å². The molecule has 0 aliphatic heterocycles. The van der Waals surface area contributed by atoms with Gasteiger partial charge in [0.25, 0.3) is 0 Å². The fraction of sp³-hybridized carbons (Fsp3) is 0.0588. The zero-order valence-electron chi connectivity index (χ0n) is 30.0. The first kappa shape index (κ1) is 30.8. The SMILES string of the molecule is CC1(C)c2cc3ccccc3cc2-c2cccc(-c3ccc(-c4cc(-c5ccc6oc7ccccc7c6c5)nc(-c5ccccc5)n4)c4ccccc34)c21. The summed E-state index contributed by atoms with van der Waals surface area (Å²) in [5.41, 5.74) is 14.3. The second-order valence-electron chi connectivity index (χ2n) is 14.9. The third-order valence-electron chi connectivity index (χ3n) is 11.5. The molecule has 0 amide bonds. The van der Waals surface area contributed by atoms with E-state index in [9.17, 15) is 0 Å². The molecule has 3 nitrogen and oxygen atoms in total. The summed E-state index contributed by atoms with van der Waals surface area (Å²) in [5.74, 6) is 0.696. The molecule has 0 saturated heterocycles. The highest BCUT2D eigenvalue weighted by molar-refractivity contribution is 6.08. The third kappa shape index (κ3) is 4.61. The number of fused-ring (bicyclic) bond motifs is 8. The molecule has 10 aromatic rings. The second-order valence-corrected chi connectivity index (χ2v) is 14.9. The average Bonchev–Trinajstić information content (AvgIpc) is 3.71. The Morgan fingerprint density at radius 2 is 1.04 bits per heavy atom. The van der Waals surface area contributed by atoms with Crippen LogP contribution in [0.4, 0.5) is 0 Å². The lowest BCUT2D eigenvalue weighted by atomic mass is 9.78. The van der Waals surface area contributed by atoms with Crippen molar-refractivity contribution in [2.24, 2.45) is 0 Å². The van der Waals surface area contributed by atoms with E-state index < -0.39 is 0 Å². The summed E-state index contributed by atoms with van der Waals surface area (Å²) in [7, 11) is 0. The molecule has 0 unspecified atom stereocenters. The molecule has 3 heteroatoms. The van der Waals surface area contributed by atoms with Gasteiger partial charge in [0.2, 0.25) is 0 Å². The number of aromatic nitrogens is 2. The number of benzene rings is 8. The van der Waals surface area contributed by atoms with Gasteiger partial charge in [0.05, 0.1) is 11.4 Å². The largest absolute Gasteiger partial charge is 0.456 e. The summed E-state index contributed by atoms with van der Waals surface area (Å²) in [6.07, 6.45) is 0. The lowest BCUT2D eigenvalue weighted by molar-refractivity contribution is 0.663. The van der Waals surface area contributed by atoms with Gasteiger partial charge in [0, 0.05) is 32.9 Å². The monoisotopic (exact) mass is 690 g/mol. The molecular formula is C51H34N2O. The van der Waals surface area contributed by atoms with E-state index >= 15 is 0 Å². The van der Waals surface area contributed by atoms with E-state index in [1.54, 1.807) is 0 Å². The number of nitrogens with zero attached hydrogens (tertiary/aromatic N) is 2. The minimum atomic E-state index is -0.168. The normalized spacial score (nSPS) is 13.1. The summed E-state index contributed by atoms with van der Waals surface area (Å²) in [6, 6.07) is 60.6. The first-order valence-corrected chi connectivity index (χ1v) is 18.6. The van der Waals surface area contributed by atoms with Gasteiger partial charge in [-0.3, -0.25) is 0 Å². The molecule has 2 heterocycles. The fourth-order valence-electron chi connectivity index (χ4n) is 8.88. The molecule has 0 spiro atoms. The van der Waals surface area contributed by atoms with E-state index in [2.05, 4.69) is 153 Å². The van der Waals surface area contributed by atoms with Crippen LogP contribution < -0.4 is 0 Å². The maximum absolute atomic E-state index is 6.17.